The summed E-state index contributed by atoms with van der Waals surface area (Å²) in [7, 11) is 1.51. The lowest BCUT2D eigenvalue weighted by Crippen LogP contribution is -2.51. The standard InChI is InChI=1S/C22H19F5N4O2.C18H24FN5O.C12H16F5N3O.2C2H6/c23-17-6-1-14(9-18(17)24)10-28-11-21(32)31-8-7-30-12-19(29-20(30)13-31)15-2-4-16(5-3-15)33-22(25,26)27;1-2-16-21-22-17-12-23(8-9-24(16)17)18(25)11-14(20)10-13-6-4-3-5-7-15(13)19;1-4-10(21)20-6-5-19(3)9(7-20)18-8(2)11(13,14)12(15,16)17;2*1-2/h1-6,9,12,28H,7-8,10-11,13H2;3,5-7,14H,2,4,8-12,20H2,1H3;2,4-7H2,1,3H3;2*1-2H3/t;14-;;;/m.1.../s1. The summed E-state index contributed by atoms with van der Waals surface area (Å²) in [4.78, 5) is 50.6. The number of piperazine rings is 1. The molecule has 3 amide bonds. The minimum Gasteiger partial charge on any atom is -0.406 e. The molecule has 0 saturated carbocycles. The summed E-state index contributed by atoms with van der Waals surface area (Å²) in [6.07, 6.45) is 0.431. The van der Waals surface area contributed by atoms with Gasteiger partial charge in [-0.25, -0.2) is 23.1 Å². The van der Waals surface area contributed by atoms with Crippen LogP contribution in [0.2, 0.25) is 0 Å². The number of imidazole rings is 1. The van der Waals surface area contributed by atoms with Crippen LogP contribution in [0.1, 0.15) is 90.3 Å². The fourth-order valence-electron chi connectivity index (χ4n) is 8.45. The number of amides is 3. The van der Waals surface area contributed by atoms with Gasteiger partial charge in [0.25, 0.3) is 0 Å². The Morgan fingerprint density at radius 1 is 0.795 bits per heavy atom. The number of nitrogens with zero attached hydrogens (tertiary/aromatic N) is 10. The summed E-state index contributed by atoms with van der Waals surface area (Å²) in [6, 6.07) is 8.56. The van der Waals surface area contributed by atoms with Crippen molar-refractivity contribution in [3.8, 4) is 17.0 Å². The fraction of sp³-hybridized carbons (Fsp3) is 0.482. The van der Waals surface area contributed by atoms with E-state index < -0.39 is 41.8 Å². The number of allylic oxidation sites excluding steroid dienone is 6. The third kappa shape index (κ3) is 19.6. The topological polar surface area (TPSA) is 172 Å². The minimum absolute atomic E-state index is 0.0171. The summed E-state index contributed by atoms with van der Waals surface area (Å²) < 4.78 is 148. The zero-order valence-electron chi connectivity index (χ0n) is 47.4. The summed E-state index contributed by atoms with van der Waals surface area (Å²) in [6.45, 7) is 18.2. The molecule has 1 atom stereocenters. The molecule has 8 rings (SSSR count). The van der Waals surface area contributed by atoms with Crippen molar-refractivity contribution in [2.24, 2.45) is 10.7 Å². The van der Waals surface area contributed by atoms with E-state index in [2.05, 4.69) is 41.4 Å². The van der Waals surface area contributed by atoms with E-state index in [-0.39, 0.29) is 74.2 Å². The summed E-state index contributed by atoms with van der Waals surface area (Å²) >= 11 is 0. The van der Waals surface area contributed by atoms with Crippen LogP contribution in [0.15, 0.2) is 102 Å². The van der Waals surface area contributed by atoms with Crippen LogP contribution < -0.4 is 15.8 Å². The first-order valence-electron chi connectivity index (χ1n) is 27.0. The van der Waals surface area contributed by atoms with Crippen molar-refractivity contribution in [3.63, 3.8) is 0 Å². The van der Waals surface area contributed by atoms with Crippen LogP contribution in [0.5, 0.6) is 5.75 Å². The molecule has 3 N–H and O–H groups in total. The van der Waals surface area contributed by atoms with Crippen molar-refractivity contribution in [2.45, 2.75) is 131 Å². The normalized spacial score (nSPS) is 15.9. The van der Waals surface area contributed by atoms with Gasteiger partial charge in [0, 0.05) is 89.9 Å². The number of alkyl halides is 8. The molecule has 1 saturated heterocycles. The number of carbonyl (C=O) groups excluding carboxylic acids is 3. The highest BCUT2D eigenvalue weighted by molar-refractivity contribution is 5.90. The predicted molar refractivity (Wildman–Crippen MR) is 291 cm³/mol. The molecule has 0 spiro atoms. The van der Waals surface area contributed by atoms with Gasteiger partial charge in [-0.15, -0.1) is 23.4 Å². The van der Waals surface area contributed by atoms with Gasteiger partial charge in [-0.2, -0.15) is 22.0 Å². The van der Waals surface area contributed by atoms with Crippen LogP contribution in [-0.4, -0.2) is 138 Å². The van der Waals surface area contributed by atoms with E-state index in [9.17, 15) is 62.7 Å². The molecule has 2 aromatic carbocycles. The number of fused-ring (bicyclic) bond motifs is 2. The van der Waals surface area contributed by atoms with Crippen molar-refractivity contribution in [3.05, 3.63) is 131 Å². The number of nitrogens with one attached hydrogen (secondary N) is 1. The van der Waals surface area contributed by atoms with Gasteiger partial charge in [0.05, 0.1) is 31.9 Å². The predicted octanol–water partition coefficient (Wildman–Crippen LogP) is 10.2. The highest BCUT2D eigenvalue weighted by Crippen LogP contribution is 2.41. The van der Waals surface area contributed by atoms with Gasteiger partial charge in [-0.1, -0.05) is 72.4 Å². The van der Waals surface area contributed by atoms with E-state index in [4.69, 9.17) is 5.73 Å². The number of ether oxygens (including phenoxy) is 1. The third-order valence-corrected chi connectivity index (χ3v) is 12.8. The average molecular weight is 1190 g/mol. The van der Waals surface area contributed by atoms with Gasteiger partial charge in [0.2, 0.25) is 17.7 Å². The number of benzene rings is 2. The maximum absolute atomic E-state index is 13.9. The number of amidine groups is 1. The van der Waals surface area contributed by atoms with Crippen molar-refractivity contribution < 1.29 is 67.4 Å². The van der Waals surface area contributed by atoms with Crippen molar-refractivity contribution in [1.29, 1.82) is 0 Å². The number of aliphatic imine (C=N–C) groups is 1. The quantitative estimate of drug-likeness (QED) is 0.116. The van der Waals surface area contributed by atoms with Gasteiger partial charge >= 0.3 is 18.5 Å². The van der Waals surface area contributed by atoms with Crippen LogP contribution in [0.3, 0.4) is 0 Å². The number of hydrogen-bond donors (Lipinski definition) is 2. The van der Waals surface area contributed by atoms with Gasteiger partial charge in [-0.05, 0) is 66.5 Å². The number of nitrogens with two attached hydrogens (primary N) is 1. The highest BCUT2D eigenvalue weighted by atomic mass is 19.4. The minimum atomic E-state index is -5.75. The number of likely N-dealkylation sites (N-methyl/N-ethyl adjacent to an activating group) is 1. The Bertz CT molecular complexity index is 2930. The average Bonchev–Trinajstić information content (AvgIpc) is 4.17. The first kappa shape index (κ1) is 68.1. The van der Waals surface area contributed by atoms with Crippen LogP contribution in [0.25, 0.3) is 11.3 Å². The molecule has 2 aromatic heterocycles. The first-order valence-corrected chi connectivity index (χ1v) is 27.0. The molecule has 83 heavy (non-hydrogen) atoms. The van der Waals surface area contributed by atoms with Gasteiger partial charge in [0.15, 0.2) is 17.5 Å². The molecule has 0 bridgehead atoms. The summed E-state index contributed by atoms with van der Waals surface area (Å²) in [5.41, 5.74) is 6.83. The Kier molecular flexibility index (Phi) is 25.7. The van der Waals surface area contributed by atoms with E-state index in [0.29, 0.717) is 86.9 Å². The smallest absolute Gasteiger partial charge is 0.406 e. The maximum atomic E-state index is 13.9. The van der Waals surface area contributed by atoms with Crippen LogP contribution in [0, 0.1) is 11.6 Å². The Balaban J connectivity index is 0.000000266. The Hall–Kier alpha value is -7.42. The molecule has 16 nitrogen and oxygen atoms in total. The summed E-state index contributed by atoms with van der Waals surface area (Å²) in [5.74, 6) is -5.58. The van der Waals surface area contributed by atoms with Gasteiger partial charge in [-0.3, -0.25) is 14.4 Å². The second-order valence-electron chi connectivity index (χ2n) is 18.5. The van der Waals surface area contributed by atoms with Gasteiger partial charge in [0.1, 0.15) is 34.8 Å². The number of rotatable bonds is 14. The second-order valence-corrected chi connectivity index (χ2v) is 18.5. The van der Waals surface area contributed by atoms with E-state index in [1.54, 1.807) is 29.0 Å². The van der Waals surface area contributed by atoms with Crippen LogP contribution in [0.4, 0.5) is 48.3 Å². The SMILES string of the molecule is C=C(N=C1CN(C(=O)CC)CCN1C)C(F)(F)C(F)(F)F.CC.CC.CCc1nnc2n1CCN(C(=O)C[C@H](N)CC1=CCC=CC=C1F)C2.O=C(CNCc1ccc(F)c(F)c1)N1CCn2cc(-c3ccc(OC(F)(F)F)cc3)nc2C1. The Labute approximate surface area is 475 Å². The number of aryl methyl sites for hydroxylation is 1. The third-order valence-electron chi connectivity index (χ3n) is 12.8. The van der Waals surface area contributed by atoms with E-state index in [1.807, 2.05) is 51.3 Å². The lowest BCUT2D eigenvalue weighted by atomic mass is 10.0. The summed E-state index contributed by atoms with van der Waals surface area (Å²) in [5, 5.41) is 11.2. The number of hydrogen-bond acceptors (Lipinski definition) is 10. The van der Waals surface area contributed by atoms with Gasteiger partial charge < -0.3 is 44.5 Å². The van der Waals surface area contributed by atoms with E-state index in [0.717, 1.165) is 30.2 Å². The number of halogens is 11. The number of aromatic nitrogens is 5. The van der Waals surface area contributed by atoms with Crippen molar-refractivity contribution >= 4 is 23.6 Å². The first-order chi connectivity index (χ1) is 39.3. The molecule has 5 heterocycles. The molecule has 0 radical (unpaired) electrons. The van der Waals surface area contributed by atoms with Crippen molar-refractivity contribution in [2.75, 3.05) is 46.3 Å². The van der Waals surface area contributed by atoms with Crippen molar-refractivity contribution in [1.82, 2.24) is 49.2 Å². The molecule has 4 aliphatic rings. The molecule has 0 unspecified atom stereocenters. The molecular formula is C56H71F11N12O4. The Morgan fingerprint density at radius 2 is 1.43 bits per heavy atom. The molecule has 4 aromatic rings. The molecular weight excluding hydrogens is 1110 g/mol. The van der Waals surface area contributed by atoms with E-state index in [1.165, 1.54) is 53.3 Å². The van der Waals surface area contributed by atoms with E-state index >= 15 is 0 Å². The fourth-order valence-corrected chi connectivity index (χ4v) is 8.45. The molecule has 27 heteroatoms. The zero-order valence-corrected chi connectivity index (χ0v) is 47.4. The largest absolute Gasteiger partial charge is 0.573 e. The molecule has 456 valence electrons. The zero-order chi connectivity index (χ0) is 61.8. The lowest BCUT2D eigenvalue weighted by Gasteiger charge is -2.35. The van der Waals surface area contributed by atoms with Crippen LogP contribution >= 0.6 is 0 Å². The van der Waals surface area contributed by atoms with Crippen LogP contribution in [-0.2, 0) is 53.5 Å². The molecule has 1 fully saturated rings. The molecule has 1 aliphatic carbocycles. The second kappa shape index (κ2) is 31.3. The Morgan fingerprint density at radius 3 is 2.07 bits per heavy atom. The lowest BCUT2D eigenvalue weighted by molar-refractivity contribution is -0.274. The molecule has 3 aliphatic heterocycles. The number of carbonyl (C=O) groups is 3. The maximum Gasteiger partial charge on any atom is 0.573 e. The monoisotopic (exact) mass is 1180 g/mol. The highest BCUT2D eigenvalue weighted by Gasteiger charge is 2.60.